The largest absolute Gasteiger partial charge is 0.384 e. The van der Waals surface area contributed by atoms with Crippen molar-refractivity contribution in [2.75, 3.05) is 13.2 Å². The topological polar surface area (TPSA) is 109 Å². The lowest BCUT2D eigenvalue weighted by molar-refractivity contribution is -0.117. The van der Waals surface area contributed by atoms with Gasteiger partial charge in [-0.2, -0.15) is 0 Å². The van der Waals surface area contributed by atoms with Crippen molar-refractivity contribution in [3.8, 4) is 11.8 Å². The van der Waals surface area contributed by atoms with Gasteiger partial charge in [0.1, 0.15) is 11.5 Å². The first kappa shape index (κ1) is 17.8. The third kappa shape index (κ3) is 5.19. The molecule has 1 amide bonds. The lowest BCUT2D eigenvalue weighted by Crippen LogP contribution is -2.28. The Bertz CT molecular complexity index is 685. The lowest BCUT2D eigenvalue weighted by Gasteiger charge is -2.10. The third-order valence-electron chi connectivity index (χ3n) is 2.24. The minimum Gasteiger partial charge on any atom is -0.384 e. The normalized spacial score (nSPS) is 10.8. The van der Waals surface area contributed by atoms with Gasteiger partial charge in [0.15, 0.2) is 0 Å². The van der Waals surface area contributed by atoms with Crippen LogP contribution in [0.1, 0.15) is 12.0 Å². The summed E-state index contributed by atoms with van der Waals surface area (Å²) in [5.41, 5.74) is 5.30. The smallest absolute Gasteiger partial charge is 0.243 e. The molecule has 0 aromatic heterocycles. The zero-order chi connectivity index (χ0) is 16.0. The fourth-order valence-corrected chi connectivity index (χ4v) is 3.65. The molecule has 114 valence electrons. The van der Waals surface area contributed by atoms with Gasteiger partial charge in [0.05, 0.1) is 10.0 Å². The van der Waals surface area contributed by atoms with Gasteiger partial charge < -0.3 is 10.8 Å². The molecule has 9 heteroatoms. The predicted molar refractivity (Wildman–Crippen MR) is 79.4 cm³/mol. The molecule has 0 radical (unpaired) electrons. The highest BCUT2D eigenvalue weighted by molar-refractivity contribution is 7.89. The summed E-state index contributed by atoms with van der Waals surface area (Å²) in [7, 11) is -3.97. The summed E-state index contributed by atoms with van der Waals surface area (Å²) in [6.07, 6.45) is -0.144. The molecule has 0 atom stereocenters. The van der Waals surface area contributed by atoms with Crippen LogP contribution in [0.3, 0.4) is 0 Å². The molecular formula is C12H12Cl2N2O4S. The summed E-state index contributed by atoms with van der Waals surface area (Å²) < 4.78 is 26.3. The zero-order valence-corrected chi connectivity index (χ0v) is 13.0. The van der Waals surface area contributed by atoms with Crippen LogP contribution in [-0.2, 0) is 14.8 Å². The zero-order valence-electron chi connectivity index (χ0n) is 10.7. The van der Waals surface area contributed by atoms with Crippen molar-refractivity contribution in [3.05, 3.63) is 27.7 Å². The minimum absolute atomic E-state index is 0.115. The molecule has 0 aliphatic carbocycles. The molecule has 0 unspecified atom stereocenters. The number of nitrogens with two attached hydrogens (primary N) is 1. The molecule has 1 rings (SSSR count). The number of carbonyl (C=O) groups is 1. The summed E-state index contributed by atoms with van der Waals surface area (Å²) >= 11 is 11.8. The second-order valence-corrected chi connectivity index (χ2v) is 6.36. The quantitative estimate of drug-likeness (QED) is 0.671. The second-order valence-electron chi connectivity index (χ2n) is 3.84. The van der Waals surface area contributed by atoms with Crippen LogP contribution in [-0.4, -0.2) is 32.6 Å². The Balaban J connectivity index is 3.10. The maximum absolute atomic E-state index is 12.1. The predicted octanol–water partition coefficient (Wildman–Crippen LogP) is 0.491. The van der Waals surface area contributed by atoms with E-state index in [1.54, 1.807) is 0 Å². The Morgan fingerprint density at radius 2 is 1.90 bits per heavy atom. The van der Waals surface area contributed by atoms with E-state index in [4.69, 9.17) is 34.0 Å². The summed E-state index contributed by atoms with van der Waals surface area (Å²) in [5.74, 6) is 4.33. The van der Waals surface area contributed by atoms with Gasteiger partial charge >= 0.3 is 0 Å². The van der Waals surface area contributed by atoms with Crippen LogP contribution >= 0.6 is 23.2 Å². The van der Waals surface area contributed by atoms with E-state index in [0.717, 1.165) is 0 Å². The van der Waals surface area contributed by atoms with Crippen molar-refractivity contribution < 1.29 is 18.3 Å². The maximum atomic E-state index is 12.1. The van der Waals surface area contributed by atoms with E-state index in [2.05, 4.69) is 16.6 Å². The molecule has 4 N–H and O–H groups in total. The number of amides is 1. The van der Waals surface area contributed by atoms with Crippen molar-refractivity contribution in [3.63, 3.8) is 0 Å². The second kappa shape index (κ2) is 7.64. The van der Waals surface area contributed by atoms with Crippen molar-refractivity contribution in [2.45, 2.75) is 11.3 Å². The van der Waals surface area contributed by atoms with Crippen LogP contribution in [0.25, 0.3) is 0 Å². The Labute approximate surface area is 132 Å². The minimum atomic E-state index is -3.97. The van der Waals surface area contributed by atoms with Crippen molar-refractivity contribution in [2.24, 2.45) is 5.73 Å². The van der Waals surface area contributed by atoms with Crippen LogP contribution in [0, 0.1) is 11.8 Å². The highest BCUT2D eigenvalue weighted by atomic mass is 35.5. The summed E-state index contributed by atoms with van der Waals surface area (Å²) in [5, 5.41) is 8.38. The van der Waals surface area contributed by atoms with Gasteiger partial charge in [-0.1, -0.05) is 35.0 Å². The molecule has 0 bridgehead atoms. The van der Waals surface area contributed by atoms with Gasteiger partial charge in [0.2, 0.25) is 15.9 Å². The number of benzene rings is 1. The first-order valence-corrected chi connectivity index (χ1v) is 7.88. The Morgan fingerprint density at radius 3 is 2.38 bits per heavy atom. The van der Waals surface area contributed by atoms with Crippen LogP contribution in [0.4, 0.5) is 0 Å². The van der Waals surface area contributed by atoms with Crippen LogP contribution in [0.15, 0.2) is 17.0 Å². The average Bonchev–Trinajstić information content (AvgIpc) is 2.34. The number of hydrogen-bond donors (Lipinski definition) is 3. The highest BCUT2D eigenvalue weighted by Gasteiger charge is 2.22. The van der Waals surface area contributed by atoms with E-state index in [-0.39, 0.29) is 34.5 Å². The Hall–Kier alpha value is -1.30. The van der Waals surface area contributed by atoms with Gasteiger partial charge in [-0.15, -0.1) is 0 Å². The van der Waals surface area contributed by atoms with Gasteiger partial charge in [-0.05, 0) is 12.1 Å². The van der Waals surface area contributed by atoms with E-state index in [0.29, 0.717) is 5.56 Å². The standard InChI is InChI=1S/C12H12Cl2N2O4S/c13-9-6-8(2-1-5-17)7-10(14)12(9)21(19,20)16-4-3-11(15)18/h6-7,16-17H,3-5H2,(H2,15,18). The van der Waals surface area contributed by atoms with Crippen LogP contribution < -0.4 is 10.5 Å². The molecule has 0 saturated carbocycles. The summed E-state index contributed by atoms with van der Waals surface area (Å²) in [6, 6.07) is 2.64. The number of hydrogen-bond acceptors (Lipinski definition) is 4. The molecule has 0 fully saturated rings. The van der Waals surface area contributed by atoms with Gasteiger partial charge in [-0.3, -0.25) is 4.79 Å². The fraction of sp³-hybridized carbons (Fsp3) is 0.250. The molecule has 0 aliphatic heterocycles. The van der Waals surface area contributed by atoms with E-state index in [1.165, 1.54) is 12.1 Å². The number of carbonyl (C=O) groups excluding carboxylic acids is 1. The van der Waals surface area contributed by atoms with Crippen molar-refractivity contribution >= 4 is 39.1 Å². The van der Waals surface area contributed by atoms with E-state index < -0.39 is 15.9 Å². The first-order chi connectivity index (χ1) is 9.77. The summed E-state index contributed by atoms with van der Waals surface area (Å²) in [6.45, 7) is -0.500. The number of halogens is 2. The van der Waals surface area contributed by atoms with Crippen LogP contribution in [0.5, 0.6) is 0 Å². The third-order valence-corrected chi connectivity index (χ3v) is 4.62. The monoisotopic (exact) mass is 350 g/mol. The fourth-order valence-electron chi connectivity index (χ4n) is 1.41. The van der Waals surface area contributed by atoms with E-state index in [9.17, 15) is 13.2 Å². The average molecular weight is 351 g/mol. The number of aliphatic hydroxyl groups is 1. The molecule has 6 nitrogen and oxygen atoms in total. The van der Waals surface area contributed by atoms with Gasteiger partial charge in [-0.25, -0.2) is 13.1 Å². The number of rotatable bonds is 5. The van der Waals surface area contributed by atoms with E-state index >= 15 is 0 Å². The molecule has 21 heavy (non-hydrogen) atoms. The number of primary amides is 1. The molecule has 1 aromatic rings. The molecular weight excluding hydrogens is 339 g/mol. The Kier molecular flexibility index (Phi) is 6.45. The first-order valence-electron chi connectivity index (χ1n) is 5.64. The van der Waals surface area contributed by atoms with E-state index in [1.807, 2.05) is 0 Å². The van der Waals surface area contributed by atoms with Crippen molar-refractivity contribution in [1.29, 1.82) is 0 Å². The number of nitrogens with one attached hydrogen (secondary N) is 1. The molecule has 0 aliphatic rings. The molecule has 0 heterocycles. The number of aliphatic hydroxyl groups excluding tert-OH is 1. The lowest BCUT2D eigenvalue weighted by atomic mass is 10.2. The van der Waals surface area contributed by atoms with Crippen molar-refractivity contribution in [1.82, 2.24) is 4.72 Å². The molecule has 0 saturated heterocycles. The van der Waals surface area contributed by atoms with Crippen LogP contribution in [0.2, 0.25) is 10.0 Å². The van der Waals surface area contributed by atoms with Gasteiger partial charge in [0.25, 0.3) is 0 Å². The Morgan fingerprint density at radius 1 is 1.33 bits per heavy atom. The SMILES string of the molecule is NC(=O)CCNS(=O)(=O)c1c(Cl)cc(C#CCO)cc1Cl. The molecule has 1 aromatic carbocycles. The molecule has 0 spiro atoms. The highest BCUT2D eigenvalue weighted by Crippen LogP contribution is 2.30. The maximum Gasteiger partial charge on any atom is 0.243 e. The number of sulfonamides is 1. The summed E-state index contributed by atoms with van der Waals surface area (Å²) in [4.78, 5) is 10.3. The van der Waals surface area contributed by atoms with Gasteiger partial charge in [0, 0.05) is 18.5 Å².